The minimum absolute atomic E-state index is 0.148. The van der Waals surface area contributed by atoms with Crippen molar-refractivity contribution in [2.24, 2.45) is 5.92 Å². The van der Waals surface area contributed by atoms with Crippen LogP contribution in [0.5, 0.6) is 0 Å². The van der Waals surface area contributed by atoms with Crippen molar-refractivity contribution in [3.63, 3.8) is 0 Å². The Morgan fingerprint density at radius 3 is 2.60 bits per heavy atom. The third kappa shape index (κ3) is 3.84. The van der Waals surface area contributed by atoms with Gasteiger partial charge >= 0.3 is 5.97 Å². The SMILES string of the molecule is CCCCC(CP)C(=O)O. The van der Waals surface area contributed by atoms with E-state index in [0.717, 1.165) is 19.3 Å². The Morgan fingerprint density at radius 2 is 2.30 bits per heavy atom. The molecule has 10 heavy (non-hydrogen) atoms. The second-order valence-corrected chi connectivity index (χ2v) is 2.88. The van der Waals surface area contributed by atoms with Crippen LogP contribution < -0.4 is 0 Å². The molecule has 0 rings (SSSR count). The Morgan fingerprint density at radius 1 is 1.70 bits per heavy atom. The van der Waals surface area contributed by atoms with Gasteiger partial charge in [0.2, 0.25) is 0 Å². The fourth-order valence-corrected chi connectivity index (χ4v) is 1.23. The summed E-state index contributed by atoms with van der Waals surface area (Å²) in [5.41, 5.74) is 0. The van der Waals surface area contributed by atoms with E-state index in [2.05, 4.69) is 16.2 Å². The van der Waals surface area contributed by atoms with Gasteiger partial charge in [-0.1, -0.05) is 19.8 Å². The Hall–Kier alpha value is -0.100. The topological polar surface area (TPSA) is 37.3 Å². The highest BCUT2D eigenvalue weighted by Gasteiger charge is 2.12. The second-order valence-electron chi connectivity index (χ2n) is 2.41. The molecule has 0 aliphatic rings. The van der Waals surface area contributed by atoms with Crippen LogP contribution in [-0.2, 0) is 4.79 Å². The Kier molecular flexibility index (Phi) is 5.61. The van der Waals surface area contributed by atoms with Crippen molar-refractivity contribution in [1.29, 1.82) is 0 Å². The molecule has 0 spiro atoms. The van der Waals surface area contributed by atoms with Gasteiger partial charge in [0, 0.05) is 0 Å². The number of aliphatic carboxylic acids is 1. The molecule has 2 unspecified atom stereocenters. The molecule has 2 atom stereocenters. The number of rotatable bonds is 5. The number of carboxylic acid groups (broad SMARTS) is 1. The summed E-state index contributed by atoms with van der Waals surface area (Å²) in [6.07, 6.45) is 3.59. The van der Waals surface area contributed by atoms with Gasteiger partial charge < -0.3 is 5.11 Å². The molecule has 2 nitrogen and oxygen atoms in total. The summed E-state index contributed by atoms with van der Waals surface area (Å²) in [4.78, 5) is 10.4. The number of hydrogen-bond donors (Lipinski definition) is 1. The molecular formula is C7H15O2P. The molecule has 0 saturated carbocycles. The van der Waals surface area contributed by atoms with Crippen molar-refractivity contribution < 1.29 is 9.90 Å². The minimum atomic E-state index is -0.663. The standard InChI is InChI=1S/C7H15O2P/c1-2-3-4-6(5-10)7(8)9/h6H,2-5,10H2,1H3,(H,8,9). The predicted octanol–water partition coefficient (Wildman–Crippen LogP) is 1.75. The molecule has 0 heterocycles. The van der Waals surface area contributed by atoms with Crippen molar-refractivity contribution >= 4 is 15.2 Å². The molecule has 0 saturated heterocycles. The summed E-state index contributed by atoms with van der Waals surface area (Å²) in [5, 5.41) is 8.59. The van der Waals surface area contributed by atoms with E-state index < -0.39 is 5.97 Å². The lowest BCUT2D eigenvalue weighted by Crippen LogP contribution is -2.14. The van der Waals surface area contributed by atoms with Crippen LogP contribution in [0.1, 0.15) is 26.2 Å². The maximum absolute atomic E-state index is 10.4. The van der Waals surface area contributed by atoms with Crippen LogP contribution in [0.25, 0.3) is 0 Å². The fraction of sp³-hybridized carbons (Fsp3) is 0.857. The van der Waals surface area contributed by atoms with Crippen LogP contribution in [0.4, 0.5) is 0 Å². The molecule has 0 radical (unpaired) electrons. The van der Waals surface area contributed by atoms with E-state index in [-0.39, 0.29) is 5.92 Å². The zero-order valence-electron chi connectivity index (χ0n) is 6.34. The largest absolute Gasteiger partial charge is 0.481 e. The van der Waals surface area contributed by atoms with Crippen molar-refractivity contribution in [3.05, 3.63) is 0 Å². The molecule has 1 N–H and O–H groups in total. The molecule has 60 valence electrons. The fourth-order valence-electron chi connectivity index (χ4n) is 0.793. The predicted molar refractivity (Wildman–Crippen MR) is 45.2 cm³/mol. The van der Waals surface area contributed by atoms with Crippen molar-refractivity contribution in [2.75, 3.05) is 6.16 Å². The van der Waals surface area contributed by atoms with E-state index in [9.17, 15) is 4.79 Å². The zero-order chi connectivity index (χ0) is 7.98. The molecule has 3 heteroatoms. The van der Waals surface area contributed by atoms with Gasteiger partial charge in [-0.2, -0.15) is 0 Å². The van der Waals surface area contributed by atoms with Crippen LogP contribution in [-0.4, -0.2) is 17.2 Å². The number of carbonyl (C=O) groups is 1. The molecule has 0 aliphatic heterocycles. The molecule has 0 aromatic heterocycles. The van der Waals surface area contributed by atoms with Gasteiger partial charge in [-0.05, 0) is 12.6 Å². The zero-order valence-corrected chi connectivity index (χ0v) is 7.49. The van der Waals surface area contributed by atoms with Gasteiger partial charge in [-0.15, -0.1) is 9.24 Å². The van der Waals surface area contributed by atoms with Crippen molar-refractivity contribution in [2.45, 2.75) is 26.2 Å². The summed E-state index contributed by atoms with van der Waals surface area (Å²) in [6.45, 7) is 2.07. The van der Waals surface area contributed by atoms with Gasteiger partial charge in [-0.25, -0.2) is 0 Å². The molecule has 0 aromatic carbocycles. The van der Waals surface area contributed by atoms with Crippen LogP contribution in [0, 0.1) is 5.92 Å². The number of carboxylic acids is 1. The highest BCUT2D eigenvalue weighted by atomic mass is 31.0. The van der Waals surface area contributed by atoms with E-state index in [0.29, 0.717) is 6.16 Å². The molecule has 0 bridgehead atoms. The summed E-state index contributed by atoms with van der Waals surface area (Å²) in [6, 6.07) is 0. The normalized spacial score (nSPS) is 13.0. The van der Waals surface area contributed by atoms with E-state index in [1.165, 1.54) is 0 Å². The second kappa shape index (κ2) is 5.67. The summed E-state index contributed by atoms with van der Waals surface area (Å²) in [7, 11) is 2.48. The average Bonchev–Trinajstić information content (AvgIpc) is 1.89. The lowest BCUT2D eigenvalue weighted by molar-refractivity contribution is -0.141. The van der Waals surface area contributed by atoms with Crippen LogP contribution >= 0.6 is 9.24 Å². The minimum Gasteiger partial charge on any atom is -0.481 e. The van der Waals surface area contributed by atoms with Gasteiger partial charge in [0.1, 0.15) is 0 Å². The smallest absolute Gasteiger partial charge is 0.306 e. The van der Waals surface area contributed by atoms with Crippen LogP contribution in [0.15, 0.2) is 0 Å². The quantitative estimate of drug-likeness (QED) is 0.625. The van der Waals surface area contributed by atoms with E-state index in [4.69, 9.17) is 5.11 Å². The first-order chi connectivity index (χ1) is 4.72. The molecular weight excluding hydrogens is 147 g/mol. The van der Waals surface area contributed by atoms with E-state index in [1.54, 1.807) is 0 Å². The summed E-state index contributed by atoms with van der Waals surface area (Å²) >= 11 is 0. The lowest BCUT2D eigenvalue weighted by atomic mass is 10.1. The highest BCUT2D eigenvalue weighted by molar-refractivity contribution is 7.16. The highest BCUT2D eigenvalue weighted by Crippen LogP contribution is 2.11. The van der Waals surface area contributed by atoms with Gasteiger partial charge in [0.15, 0.2) is 0 Å². The van der Waals surface area contributed by atoms with Gasteiger partial charge in [0.05, 0.1) is 5.92 Å². The number of hydrogen-bond acceptors (Lipinski definition) is 1. The Bertz CT molecular complexity index is 104. The van der Waals surface area contributed by atoms with Gasteiger partial charge in [0.25, 0.3) is 0 Å². The first-order valence-electron chi connectivity index (χ1n) is 3.65. The number of unbranched alkanes of at least 4 members (excludes halogenated alkanes) is 1. The molecule has 0 amide bonds. The first-order valence-corrected chi connectivity index (χ1v) is 4.46. The lowest BCUT2D eigenvalue weighted by Gasteiger charge is -2.06. The monoisotopic (exact) mass is 162 g/mol. The average molecular weight is 162 g/mol. The molecule has 0 fully saturated rings. The van der Waals surface area contributed by atoms with E-state index in [1.807, 2.05) is 0 Å². The molecule has 0 aromatic rings. The van der Waals surface area contributed by atoms with Crippen molar-refractivity contribution in [3.8, 4) is 0 Å². The summed E-state index contributed by atoms with van der Waals surface area (Å²) < 4.78 is 0. The Labute approximate surface area is 64.2 Å². The summed E-state index contributed by atoms with van der Waals surface area (Å²) in [5.74, 6) is -0.812. The maximum atomic E-state index is 10.4. The first kappa shape index (κ1) is 9.90. The third-order valence-electron chi connectivity index (χ3n) is 1.54. The van der Waals surface area contributed by atoms with E-state index >= 15 is 0 Å². The van der Waals surface area contributed by atoms with Crippen molar-refractivity contribution in [1.82, 2.24) is 0 Å². The van der Waals surface area contributed by atoms with Crippen LogP contribution in [0.3, 0.4) is 0 Å². The molecule has 0 aliphatic carbocycles. The third-order valence-corrected chi connectivity index (χ3v) is 2.11. The maximum Gasteiger partial charge on any atom is 0.306 e. The van der Waals surface area contributed by atoms with Gasteiger partial charge in [-0.3, -0.25) is 4.79 Å². The van der Waals surface area contributed by atoms with Crippen LogP contribution in [0.2, 0.25) is 0 Å². The Balaban J connectivity index is 3.50.